The summed E-state index contributed by atoms with van der Waals surface area (Å²) in [5.74, 6) is -0.655. The molecule has 0 radical (unpaired) electrons. The average molecular weight is 381 g/mol. The van der Waals surface area contributed by atoms with E-state index in [-0.39, 0.29) is 24.6 Å². The molecule has 26 heavy (non-hydrogen) atoms. The van der Waals surface area contributed by atoms with Crippen molar-refractivity contribution in [3.63, 3.8) is 0 Å². The molecule has 0 N–H and O–H groups in total. The smallest absolute Gasteiger partial charge is 0.348 e. The van der Waals surface area contributed by atoms with Crippen LogP contribution in [0.3, 0.4) is 0 Å². The third-order valence-electron chi connectivity index (χ3n) is 4.05. The first-order chi connectivity index (χ1) is 12.4. The van der Waals surface area contributed by atoms with Crippen LogP contribution in [-0.2, 0) is 20.8 Å². The van der Waals surface area contributed by atoms with E-state index in [0.717, 1.165) is 11.3 Å². The molecule has 2 rings (SSSR count). The van der Waals surface area contributed by atoms with Gasteiger partial charge in [0.15, 0.2) is 0 Å². The van der Waals surface area contributed by atoms with Crippen molar-refractivity contribution in [2.45, 2.75) is 27.3 Å². The standard InChI is InChI=1S/C17H23N3O5S/c1-5-19(6-2)12(21)9-20-10-18-15-13(16(20)22)11(3)14(26-15)17(23)25-8-7-24-4/h10H,5-9H2,1-4H3. The van der Waals surface area contributed by atoms with Crippen molar-refractivity contribution < 1.29 is 19.1 Å². The summed E-state index contributed by atoms with van der Waals surface area (Å²) in [4.78, 5) is 43.9. The number of methoxy groups -OCH3 is 1. The van der Waals surface area contributed by atoms with Gasteiger partial charge < -0.3 is 14.4 Å². The summed E-state index contributed by atoms with van der Waals surface area (Å²) < 4.78 is 11.3. The Morgan fingerprint density at radius 2 is 1.96 bits per heavy atom. The van der Waals surface area contributed by atoms with Crippen molar-refractivity contribution in [2.24, 2.45) is 0 Å². The maximum Gasteiger partial charge on any atom is 0.348 e. The summed E-state index contributed by atoms with van der Waals surface area (Å²) in [7, 11) is 1.52. The van der Waals surface area contributed by atoms with Gasteiger partial charge in [0.2, 0.25) is 5.91 Å². The van der Waals surface area contributed by atoms with Crippen LogP contribution < -0.4 is 5.56 Å². The van der Waals surface area contributed by atoms with Crippen molar-refractivity contribution in [3.05, 3.63) is 27.1 Å². The summed E-state index contributed by atoms with van der Waals surface area (Å²) in [5.41, 5.74) is 0.190. The molecule has 2 aromatic rings. The molecule has 0 saturated carbocycles. The van der Waals surface area contributed by atoms with Gasteiger partial charge in [-0.25, -0.2) is 9.78 Å². The van der Waals surface area contributed by atoms with Crippen LogP contribution in [0.2, 0.25) is 0 Å². The molecule has 0 atom stereocenters. The van der Waals surface area contributed by atoms with Gasteiger partial charge in [0.1, 0.15) is 22.9 Å². The molecular weight excluding hydrogens is 358 g/mol. The molecule has 0 bridgehead atoms. The number of amides is 1. The number of carbonyl (C=O) groups is 2. The zero-order chi connectivity index (χ0) is 19.3. The lowest BCUT2D eigenvalue weighted by Gasteiger charge is -2.18. The number of ether oxygens (including phenoxy) is 2. The molecule has 2 heterocycles. The Hall–Kier alpha value is -2.26. The number of likely N-dealkylation sites (N-methyl/N-ethyl adjacent to an activating group) is 1. The average Bonchev–Trinajstić information content (AvgIpc) is 2.96. The Bertz CT molecular complexity index is 854. The second kappa shape index (κ2) is 8.91. The van der Waals surface area contributed by atoms with Crippen LogP contribution in [0.25, 0.3) is 10.2 Å². The predicted octanol–water partition coefficient (Wildman–Crippen LogP) is 1.44. The van der Waals surface area contributed by atoms with Crippen LogP contribution in [0.1, 0.15) is 29.1 Å². The van der Waals surface area contributed by atoms with E-state index >= 15 is 0 Å². The fourth-order valence-corrected chi connectivity index (χ4v) is 3.60. The summed E-state index contributed by atoms with van der Waals surface area (Å²) in [6.45, 7) is 6.97. The van der Waals surface area contributed by atoms with Crippen molar-refractivity contribution in [2.75, 3.05) is 33.4 Å². The number of rotatable bonds is 8. The highest BCUT2D eigenvalue weighted by Crippen LogP contribution is 2.27. The first-order valence-electron chi connectivity index (χ1n) is 8.36. The number of fused-ring (bicyclic) bond motifs is 1. The molecule has 2 aromatic heterocycles. The molecule has 0 saturated heterocycles. The minimum Gasteiger partial charge on any atom is -0.459 e. The molecule has 0 fully saturated rings. The van der Waals surface area contributed by atoms with Gasteiger partial charge in [-0.15, -0.1) is 11.3 Å². The second-order valence-electron chi connectivity index (χ2n) is 5.61. The van der Waals surface area contributed by atoms with Gasteiger partial charge in [-0.2, -0.15) is 0 Å². The molecule has 0 aliphatic carbocycles. The van der Waals surface area contributed by atoms with Crippen molar-refractivity contribution in [3.8, 4) is 0 Å². The number of thiophene rings is 1. The Kier molecular flexibility index (Phi) is 6.87. The number of hydrogen-bond acceptors (Lipinski definition) is 7. The largest absolute Gasteiger partial charge is 0.459 e. The Labute approximate surface area is 155 Å². The first kappa shape index (κ1) is 20.1. The van der Waals surface area contributed by atoms with Crippen LogP contribution in [0, 0.1) is 6.92 Å². The van der Waals surface area contributed by atoms with Crippen LogP contribution in [0.15, 0.2) is 11.1 Å². The lowest BCUT2D eigenvalue weighted by molar-refractivity contribution is -0.131. The number of carbonyl (C=O) groups excluding carboxylic acids is 2. The summed E-state index contributed by atoms with van der Waals surface area (Å²) in [5, 5.41) is 0.350. The predicted molar refractivity (Wildman–Crippen MR) is 98.7 cm³/mol. The molecular formula is C17H23N3O5S. The molecule has 8 nitrogen and oxygen atoms in total. The number of aryl methyl sites for hydroxylation is 1. The van der Waals surface area contributed by atoms with Gasteiger partial charge in [0.25, 0.3) is 5.56 Å². The van der Waals surface area contributed by atoms with E-state index < -0.39 is 5.97 Å². The highest BCUT2D eigenvalue weighted by atomic mass is 32.1. The van der Waals surface area contributed by atoms with Gasteiger partial charge in [0, 0.05) is 20.2 Å². The third-order valence-corrected chi connectivity index (χ3v) is 5.22. The maximum absolute atomic E-state index is 12.8. The minimum absolute atomic E-state index is 0.0770. The molecule has 0 aliphatic heterocycles. The number of esters is 1. The molecule has 0 aromatic carbocycles. The van der Waals surface area contributed by atoms with Crippen molar-refractivity contribution >= 4 is 33.4 Å². The number of nitrogens with zero attached hydrogens (tertiary/aromatic N) is 3. The molecule has 9 heteroatoms. The van der Waals surface area contributed by atoms with Gasteiger partial charge in [-0.05, 0) is 26.3 Å². The van der Waals surface area contributed by atoms with Crippen LogP contribution in [0.4, 0.5) is 0 Å². The van der Waals surface area contributed by atoms with Crippen LogP contribution >= 0.6 is 11.3 Å². The van der Waals surface area contributed by atoms with Crippen molar-refractivity contribution in [1.82, 2.24) is 14.5 Å². The zero-order valence-corrected chi connectivity index (χ0v) is 16.2. The maximum atomic E-state index is 12.8. The topological polar surface area (TPSA) is 90.7 Å². The van der Waals surface area contributed by atoms with Gasteiger partial charge >= 0.3 is 5.97 Å². The first-order valence-corrected chi connectivity index (χ1v) is 9.18. The summed E-state index contributed by atoms with van der Waals surface area (Å²) >= 11 is 1.11. The number of aromatic nitrogens is 2. The van der Waals surface area contributed by atoms with E-state index in [9.17, 15) is 14.4 Å². The lowest BCUT2D eigenvalue weighted by atomic mass is 10.2. The van der Waals surface area contributed by atoms with Crippen molar-refractivity contribution in [1.29, 1.82) is 0 Å². The fraction of sp³-hybridized carbons (Fsp3) is 0.529. The summed E-state index contributed by atoms with van der Waals surface area (Å²) in [6, 6.07) is 0. The third kappa shape index (κ3) is 4.10. The highest BCUT2D eigenvalue weighted by molar-refractivity contribution is 7.20. The van der Waals surface area contributed by atoms with E-state index in [2.05, 4.69) is 4.98 Å². The highest BCUT2D eigenvalue weighted by Gasteiger charge is 2.21. The van der Waals surface area contributed by atoms with Crippen LogP contribution in [-0.4, -0.2) is 59.7 Å². The normalized spacial score (nSPS) is 10.9. The monoisotopic (exact) mass is 381 g/mol. The SMILES string of the molecule is CCN(CC)C(=O)Cn1cnc2sc(C(=O)OCCOC)c(C)c2c1=O. The van der Waals surface area contributed by atoms with E-state index in [1.165, 1.54) is 18.0 Å². The van der Waals surface area contributed by atoms with Gasteiger partial charge in [-0.1, -0.05) is 0 Å². The zero-order valence-electron chi connectivity index (χ0n) is 15.4. The second-order valence-corrected chi connectivity index (χ2v) is 6.61. The number of hydrogen-bond donors (Lipinski definition) is 0. The molecule has 142 valence electrons. The Morgan fingerprint density at radius 1 is 1.27 bits per heavy atom. The van der Waals surface area contributed by atoms with E-state index in [1.54, 1.807) is 11.8 Å². The van der Waals surface area contributed by atoms with E-state index in [4.69, 9.17) is 9.47 Å². The fourth-order valence-electron chi connectivity index (χ4n) is 2.57. The minimum atomic E-state index is -0.507. The van der Waals surface area contributed by atoms with Crippen LogP contribution in [0.5, 0.6) is 0 Å². The van der Waals surface area contributed by atoms with Gasteiger partial charge in [-0.3, -0.25) is 14.2 Å². The van der Waals surface area contributed by atoms with Gasteiger partial charge in [0.05, 0.1) is 18.3 Å². The molecule has 1 amide bonds. The Balaban J connectivity index is 2.33. The lowest BCUT2D eigenvalue weighted by Crippen LogP contribution is -2.36. The molecule has 0 aliphatic rings. The quantitative estimate of drug-likeness (QED) is 0.508. The molecule has 0 spiro atoms. The van der Waals surface area contributed by atoms with E-state index in [0.29, 0.717) is 40.4 Å². The molecule has 0 unspecified atom stereocenters. The van der Waals surface area contributed by atoms with E-state index in [1.807, 2.05) is 13.8 Å². The summed E-state index contributed by atoms with van der Waals surface area (Å²) in [6.07, 6.45) is 1.35. The Morgan fingerprint density at radius 3 is 2.58 bits per heavy atom.